The number of nitrogens with zero attached hydrogens (tertiary/aromatic N) is 2. The minimum absolute atomic E-state index is 0.160. The number of aromatic nitrogens is 2. The molecule has 0 radical (unpaired) electrons. The van der Waals surface area contributed by atoms with Gasteiger partial charge in [0.15, 0.2) is 0 Å². The van der Waals surface area contributed by atoms with Crippen molar-refractivity contribution in [2.75, 3.05) is 0 Å². The highest BCUT2D eigenvalue weighted by Crippen LogP contribution is 2.26. The van der Waals surface area contributed by atoms with Crippen LogP contribution in [0.3, 0.4) is 0 Å². The van der Waals surface area contributed by atoms with E-state index in [9.17, 15) is 9.90 Å². The second kappa shape index (κ2) is 7.02. The lowest BCUT2D eigenvalue weighted by molar-refractivity contribution is 0.474. The summed E-state index contributed by atoms with van der Waals surface area (Å²) >= 11 is 7.77. The second-order valence-electron chi connectivity index (χ2n) is 6.03. The SMILES string of the molecule is Cc1cc2nc(/C=C/c3ccccc3O)n(-c3ccccc3Cl)c(=O)c2s1. The predicted molar refractivity (Wildman–Crippen MR) is 112 cm³/mol. The largest absolute Gasteiger partial charge is 0.507 e. The van der Waals surface area contributed by atoms with Gasteiger partial charge in [0.05, 0.1) is 16.2 Å². The summed E-state index contributed by atoms with van der Waals surface area (Å²) in [6.07, 6.45) is 3.45. The maximum absolute atomic E-state index is 13.2. The van der Waals surface area contributed by atoms with Gasteiger partial charge in [-0.25, -0.2) is 4.98 Å². The standard InChI is InChI=1S/C21H15ClN2O2S/c1-13-12-16-20(27-13)21(26)24(17-8-4-3-7-15(17)22)19(23-16)11-10-14-6-2-5-9-18(14)25/h2-12,25H,1H3/b11-10+. The molecule has 134 valence electrons. The van der Waals surface area contributed by atoms with E-state index < -0.39 is 0 Å². The van der Waals surface area contributed by atoms with Crippen LogP contribution < -0.4 is 5.56 Å². The van der Waals surface area contributed by atoms with E-state index in [1.54, 1.807) is 42.5 Å². The van der Waals surface area contributed by atoms with Crippen LogP contribution in [0.25, 0.3) is 28.1 Å². The van der Waals surface area contributed by atoms with E-state index in [-0.39, 0.29) is 11.3 Å². The Kier molecular flexibility index (Phi) is 4.56. The van der Waals surface area contributed by atoms with Crippen molar-refractivity contribution in [3.05, 3.63) is 86.2 Å². The Balaban J connectivity index is 1.98. The number of aromatic hydroxyl groups is 1. The number of fused-ring (bicyclic) bond motifs is 1. The minimum atomic E-state index is -0.164. The summed E-state index contributed by atoms with van der Waals surface area (Å²) in [5.74, 6) is 0.606. The molecule has 2 heterocycles. The van der Waals surface area contributed by atoms with Crippen LogP contribution in [-0.4, -0.2) is 14.7 Å². The third-order valence-corrected chi connectivity index (χ3v) is 5.49. The molecule has 2 aromatic heterocycles. The molecular weight excluding hydrogens is 380 g/mol. The highest BCUT2D eigenvalue weighted by atomic mass is 35.5. The van der Waals surface area contributed by atoms with Crippen molar-refractivity contribution in [3.8, 4) is 11.4 Å². The highest BCUT2D eigenvalue weighted by Gasteiger charge is 2.15. The Hall–Kier alpha value is -2.89. The van der Waals surface area contributed by atoms with Crippen LogP contribution in [0, 0.1) is 6.92 Å². The number of hydrogen-bond donors (Lipinski definition) is 1. The van der Waals surface area contributed by atoms with Gasteiger partial charge in [0, 0.05) is 10.4 Å². The van der Waals surface area contributed by atoms with Gasteiger partial charge in [-0.1, -0.05) is 41.9 Å². The summed E-state index contributed by atoms with van der Waals surface area (Å²) in [5, 5.41) is 10.5. The number of phenols is 1. The zero-order valence-electron chi connectivity index (χ0n) is 14.4. The van der Waals surface area contributed by atoms with E-state index in [1.807, 2.05) is 31.2 Å². The van der Waals surface area contributed by atoms with E-state index >= 15 is 0 Å². The minimum Gasteiger partial charge on any atom is -0.507 e. The Morgan fingerprint density at radius 1 is 1.11 bits per heavy atom. The summed E-state index contributed by atoms with van der Waals surface area (Å²) in [6, 6.07) is 16.1. The third kappa shape index (κ3) is 3.27. The summed E-state index contributed by atoms with van der Waals surface area (Å²) in [4.78, 5) is 18.9. The molecule has 27 heavy (non-hydrogen) atoms. The van der Waals surface area contributed by atoms with Crippen LogP contribution in [-0.2, 0) is 0 Å². The Morgan fingerprint density at radius 2 is 1.85 bits per heavy atom. The number of hydrogen-bond acceptors (Lipinski definition) is 4. The third-order valence-electron chi connectivity index (χ3n) is 4.14. The van der Waals surface area contributed by atoms with Crippen LogP contribution in [0.1, 0.15) is 16.3 Å². The van der Waals surface area contributed by atoms with Crippen molar-refractivity contribution in [1.82, 2.24) is 9.55 Å². The number of para-hydroxylation sites is 2. The molecule has 4 aromatic rings. The molecule has 0 spiro atoms. The van der Waals surface area contributed by atoms with E-state index in [4.69, 9.17) is 11.6 Å². The van der Waals surface area contributed by atoms with Crippen LogP contribution in [0.4, 0.5) is 0 Å². The Labute approximate surface area is 164 Å². The van der Waals surface area contributed by atoms with Gasteiger partial charge >= 0.3 is 0 Å². The summed E-state index contributed by atoms with van der Waals surface area (Å²) in [7, 11) is 0. The fourth-order valence-corrected chi connectivity index (χ4v) is 3.99. The van der Waals surface area contributed by atoms with E-state index in [0.717, 1.165) is 4.88 Å². The Morgan fingerprint density at radius 3 is 2.63 bits per heavy atom. The monoisotopic (exact) mass is 394 g/mol. The predicted octanol–water partition coefficient (Wildman–Crippen LogP) is 5.29. The van der Waals surface area contributed by atoms with Crippen molar-refractivity contribution < 1.29 is 5.11 Å². The van der Waals surface area contributed by atoms with Crippen molar-refractivity contribution >= 4 is 45.3 Å². The van der Waals surface area contributed by atoms with Crippen LogP contribution in [0.2, 0.25) is 5.02 Å². The van der Waals surface area contributed by atoms with Gasteiger partial charge in [-0.2, -0.15) is 0 Å². The van der Waals surface area contributed by atoms with Crippen LogP contribution >= 0.6 is 22.9 Å². The van der Waals surface area contributed by atoms with Crippen molar-refractivity contribution in [3.63, 3.8) is 0 Å². The molecule has 0 amide bonds. The molecule has 2 aromatic carbocycles. The van der Waals surface area contributed by atoms with Gasteiger partial charge < -0.3 is 5.11 Å². The molecule has 0 aliphatic heterocycles. The van der Waals surface area contributed by atoms with Gasteiger partial charge in [0.25, 0.3) is 5.56 Å². The molecule has 0 aliphatic carbocycles. The molecule has 4 rings (SSSR count). The topological polar surface area (TPSA) is 55.1 Å². The number of aryl methyl sites for hydroxylation is 1. The molecule has 0 atom stereocenters. The Bertz CT molecular complexity index is 1240. The lowest BCUT2D eigenvalue weighted by Gasteiger charge is -2.11. The number of rotatable bonds is 3. The number of thiophene rings is 1. The first kappa shape index (κ1) is 17.5. The number of phenolic OH excluding ortho intramolecular Hbond substituents is 1. The number of halogens is 1. The van der Waals surface area contributed by atoms with Gasteiger partial charge in [-0.15, -0.1) is 11.3 Å². The van der Waals surface area contributed by atoms with E-state index in [1.165, 1.54) is 15.9 Å². The molecule has 0 aliphatic rings. The molecule has 0 unspecified atom stereocenters. The molecule has 0 saturated carbocycles. The highest BCUT2D eigenvalue weighted by molar-refractivity contribution is 7.18. The second-order valence-corrected chi connectivity index (χ2v) is 7.69. The molecule has 0 saturated heterocycles. The smallest absolute Gasteiger partial charge is 0.276 e. The number of benzene rings is 2. The molecule has 0 bridgehead atoms. The maximum atomic E-state index is 13.2. The first-order chi connectivity index (χ1) is 13.0. The summed E-state index contributed by atoms with van der Waals surface area (Å²) in [5.41, 5.74) is 1.70. The molecule has 4 nitrogen and oxygen atoms in total. The molecule has 6 heteroatoms. The fourth-order valence-electron chi connectivity index (χ4n) is 2.89. The van der Waals surface area contributed by atoms with Gasteiger partial charge in [0.2, 0.25) is 0 Å². The fraction of sp³-hybridized carbons (Fsp3) is 0.0476. The average molecular weight is 395 g/mol. The zero-order chi connectivity index (χ0) is 19.0. The zero-order valence-corrected chi connectivity index (χ0v) is 16.0. The molecule has 1 N–H and O–H groups in total. The maximum Gasteiger partial charge on any atom is 0.276 e. The summed E-state index contributed by atoms with van der Waals surface area (Å²) < 4.78 is 2.10. The lowest BCUT2D eigenvalue weighted by atomic mass is 10.2. The van der Waals surface area contributed by atoms with Gasteiger partial charge in [-0.3, -0.25) is 9.36 Å². The quantitative estimate of drug-likeness (QED) is 0.514. The van der Waals surface area contributed by atoms with E-state index in [2.05, 4.69) is 4.98 Å². The van der Waals surface area contributed by atoms with E-state index in [0.29, 0.717) is 32.3 Å². The molecular formula is C21H15ClN2O2S. The van der Waals surface area contributed by atoms with Gasteiger partial charge in [-0.05, 0) is 43.3 Å². The molecule has 0 fully saturated rings. The first-order valence-electron chi connectivity index (χ1n) is 8.29. The van der Waals surface area contributed by atoms with Crippen molar-refractivity contribution in [2.45, 2.75) is 6.92 Å². The normalized spacial score (nSPS) is 11.5. The van der Waals surface area contributed by atoms with Crippen LogP contribution in [0.5, 0.6) is 5.75 Å². The van der Waals surface area contributed by atoms with Crippen molar-refractivity contribution in [2.24, 2.45) is 0 Å². The summed E-state index contributed by atoms with van der Waals surface area (Å²) in [6.45, 7) is 1.95. The van der Waals surface area contributed by atoms with Crippen molar-refractivity contribution in [1.29, 1.82) is 0 Å². The van der Waals surface area contributed by atoms with Gasteiger partial charge in [0.1, 0.15) is 16.3 Å². The average Bonchev–Trinajstić information content (AvgIpc) is 3.03. The lowest BCUT2D eigenvalue weighted by Crippen LogP contribution is -2.21. The first-order valence-corrected chi connectivity index (χ1v) is 9.48. The van der Waals surface area contributed by atoms with Crippen LogP contribution in [0.15, 0.2) is 59.4 Å².